The van der Waals surface area contributed by atoms with Gasteiger partial charge in [-0.05, 0) is 65.4 Å². The number of benzene rings is 4. The van der Waals surface area contributed by atoms with Crippen molar-refractivity contribution in [2.45, 2.75) is 38.1 Å². The Balaban J connectivity index is 1.32. The Bertz CT molecular complexity index is 1550. The smallest absolute Gasteiger partial charge is 0.258 e. The van der Waals surface area contributed by atoms with Crippen molar-refractivity contribution in [2.75, 3.05) is 24.5 Å². The molecule has 0 unspecified atom stereocenters. The molecule has 4 aromatic carbocycles. The number of anilines is 1. The van der Waals surface area contributed by atoms with Gasteiger partial charge in [0.15, 0.2) is 0 Å². The first kappa shape index (κ1) is 28.1. The van der Waals surface area contributed by atoms with Crippen LogP contribution < -0.4 is 21.3 Å². The zero-order chi connectivity index (χ0) is 28.6. The van der Waals surface area contributed by atoms with Gasteiger partial charge in [-0.1, -0.05) is 78.9 Å². The topological polar surface area (TPSA) is 105 Å². The highest BCUT2D eigenvalue weighted by molar-refractivity contribution is 6.08. The van der Waals surface area contributed by atoms with Crippen molar-refractivity contribution in [1.29, 1.82) is 0 Å². The summed E-state index contributed by atoms with van der Waals surface area (Å²) in [5.74, 6) is -0.653. The van der Waals surface area contributed by atoms with E-state index < -0.39 is 6.04 Å². The lowest BCUT2D eigenvalue weighted by molar-refractivity contribution is -0.128. The number of carbonyl (C=O) groups excluding carboxylic acids is 3. The minimum atomic E-state index is -0.752. The summed E-state index contributed by atoms with van der Waals surface area (Å²) >= 11 is 0. The quantitative estimate of drug-likeness (QED) is 0.259. The molecule has 1 aliphatic heterocycles. The van der Waals surface area contributed by atoms with E-state index in [2.05, 4.69) is 16.7 Å². The number of amides is 3. The van der Waals surface area contributed by atoms with Gasteiger partial charge < -0.3 is 21.3 Å². The van der Waals surface area contributed by atoms with Crippen LogP contribution in [0, 0.1) is 0 Å². The van der Waals surface area contributed by atoms with E-state index in [4.69, 9.17) is 5.73 Å². The molecule has 0 radical (unpaired) electrons. The van der Waals surface area contributed by atoms with Crippen LogP contribution >= 0.6 is 0 Å². The monoisotopic (exact) mass is 548 g/mol. The van der Waals surface area contributed by atoms with Gasteiger partial charge in [0.05, 0.1) is 0 Å². The van der Waals surface area contributed by atoms with Gasteiger partial charge in [-0.25, -0.2) is 0 Å². The van der Waals surface area contributed by atoms with E-state index in [0.29, 0.717) is 31.5 Å². The van der Waals surface area contributed by atoms with Crippen LogP contribution in [0.5, 0.6) is 0 Å². The Labute approximate surface area is 240 Å². The first-order chi connectivity index (χ1) is 20.0. The highest BCUT2D eigenvalue weighted by Crippen LogP contribution is 2.28. The van der Waals surface area contributed by atoms with E-state index in [0.717, 1.165) is 46.0 Å². The van der Waals surface area contributed by atoms with Crippen LogP contribution in [-0.4, -0.2) is 43.4 Å². The molecular formula is C34H36N4O3. The lowest BCUT2D eigenvalue weighted by Crippen LogP contribution is -2.49. The fraction of sp³-hybridized carbons (Fsp3) is 0.265. The van der Waals surface area contributed by atoms with Crippen molar-refractivity contribution in [3.8, 4) is 0 Å². The average Bonchev–Trinajstić information content (AvgIpc) is 2.99. The van der Waals surface area contributed by atoms with Crippen LogP contribution in [-0.2, 0) is 28.9 Å². The second-order valence-electron chi connectivity index (χ2n) is 10.4. The number of nitrogens with one attached hydrogen (secondary N) is 2. The highest BCUT2D eigenvalue weighted by Gasteiger charge is 2.26. The zero-order valence-electron chi connectivity index (χ0n) is 23.1. The summed E-state index contributed by atoms with van der Waals surface area (Å²) in [6.45, 7) is 1.11. The van der Waals surface area contributed by atoms with Gasteiger partial charge in [-0.2, -0.15) is 0 Å². The van der Waals surface area contributed by atoms with E-state index in [1.165, 1.54) is 0 Å². The molecule has 0 fully saturated rings. The molecule has 0 spiro atoms. The van der Waals surface area contributed by atoms with Crippen molar-refractivity contribution in [1.82, 2.24) is 10.6 Å². The molecule has 0 aromatic heterocycles. The molecule has 0 saturated heterocycles. The molecule has 7 heteroatoms. The van der Waals surface area contributed by atoms with Crippen molar-refractivity contribution >= 4 is 34.2 Å². The van der Waals surface area contributed by atoms with E-state index in [-0.39, 0.29) is 30.7 Å². The third kappa shape index (κ3) is 6.81. The lowest BCUT2D eigenvalue weighted by Gasteiger charge is -2.28. The number of hydrogen-bond acceptors (Lipinski definition) is 4. The predicted octanol–water partition coefficient (Wildman–Crippen LogP) is 4.17. The second-order valence-corrected chi connectivity index (χ2v) is 10.4. The summed E-state index contributed by atoms with van der Waals surface area (Å²) in [6, 6.07) is 28.9. The van der Waals surface area contributed by atoms with Gasteiger partial charge in [-0.15, -0.1) is 0 Å². The summed E-state index contributed by atoms with van der Waals surface area (Å²) in [7, 11) is 0. The first-order valence-electron chi connectivity index (χ1n) is 14.3. The van der Waals surface area contributed by atoms with Gasteiger partial charge in [0.1, 0.15) is 6.04 Å². The molecule has 1 aliphatic rings. The Morgan fingerprint density at radius 1 is 0.854 bits per heavy atom. The van der Waals surface area contributed by atoms with Crippen molar-refractivity contribution < 1.29 is 14.4 Å². The standard InChI is InChI=1S/C34H36N4O3/c35-19-7-20-36-33(40)30(23-24-14-15-25-8-1-2-11-28(25)22-24)37-32(39)18-21-38-31-13-6-4-10-27(31)17-16-26-9-3-5-12-29(26)34(38)41/h1-6,8-15,22,30H,7,16-21,23,35H2,(H,36,40)(H,37,39)/t30-/m1/s1. The Morgan fingerprint density at radius 2 is 1.56 bits per heavy atom. The number of aryl methyl sites for hydroxylation is 2. The van der Waals surface area contributed by atoms with Gasteiger partial charge in [0, 0.05) is 37.2 Å². The largest absolute Gasteiger partial charge is 0.354 e. The summed E-state index contributed by atoms with van der Waals surface area (Å²) < 4.78 is 0. The molecule has 4 N–H and O–H groups in total. The van der Waals surface area contributed by atoms with Crippen LogP contribution in [0.4, 0.5) is 5.69 Å². The van der Waals surface area contributed by atoms with Crippen LogP contribution in [0.25, 0.3) is 10.8 Å². The van der Waals surface area contributed by atoms with Crippen LogP contribution in [0.3, 0.4) is 0 Å². The molecule has 210 valence electrons. The lowest BCUT2D eigenvalue weighted by atomic mass is 9.95. The number of rotatable bonds is 10. The normalized spacial score (nSPS) is 13.5. The summed E-state index contributed by atoms with van der Waals surface area (Å²) in [4.78, 5) is 41.8. The van der Waals surface area contributed by atoms with E-state index >= 15 is 0 Å². The minimum absolute atomic E-state index is 0.0620. The predicted molar refractivity (Wildman–Crippen MR) is 163 cm³/mol. The molecule has 5 rings (SSSR count). The van der Waals surface area contributed by atoms with E-state index in [9.17, 15) is 14.4 Å². The SMILES string of the molecule is NCCCNC(=O)[C@@H](Cc1ccc2ccccc2c1)NC(=O)CCN1C(=O)c2ccccc2CCc2ccccc21. The molecule has 1 heterocycles. The fourth-order valence-electron chi connectivity index (χ4n) is 5.41. The zero-order valence-corrected chi connectivity index (χ0v) is 23.1. The molecule has 4 aromatic rings. The molecule has 1 atom stereocenters. The maximum atomic E-state index is 13.7. The molecule has 3 amide bonds. The number of fused-ring (bicyclic) bond motifs is 3. The molecule has 0 aliphatic carbocycles. The third-order valence-corrected chi connectivity index (χ3v) is 7.59. The van der Waals surface area contributed by atoms with E-state index in [1.54, 1.807) is 4.90 Å². The summed E-state index contributed by atoms with van der Waals surface area (Å²) in [6.07, 6.45) is 2.65. The fourth-order valence-corrected chi connectivity index (χ4v) is 5.41. The Morgan fingerprint density at radius 3 is 2.39 bits per heavy atom. The number of para-hydroxylation sites is 1. The second kappa shape index (κ2) is 13.2. The number of carbonyl (C=O) groups is 3. The van der Waals surface area contributed by atoms with Gasteiger partial charge in [0.25, 0.3) is 5.91 Å². The van der Waals surface area contributed by atoms with E-state index in [1.807, 2.05) is 84.9 Å². The average molecular weight is 549 g/mol. The molecule has 41 heavy (non-hydrogen) atoms. The maximum Gasteiger partial charge on any atom is 0.258 e. The Kier molecular flexibility index (Phi) is 9.06. The van der Waals surface area contributed by atoms with Gasteiger partial charge in [0.2, 0.25) is 11.8 Å². The maximum absolute atomic E-state index is 13.7. The van der Waals surface area contributed by atoms with Crippen LogP contribution in [0.1, 0.15) is 39.9 Å². The Hall–Kier alpha value is -4.49. The van der Waals surface area contributed by atoms with Crippen molar-refractivity contribution in [3.05, 3.63) is 113 Å². The summed E-state index contributed by atoms with van der Waals surface area (Å²) in [5, 5.41) is 8.04. The summed E-state index contributed by atoms with van der Waals surface area (Å²) in [5.41, 5.74) is 10.1. The van der Waals surface area contributed by atoms with Gasteiger partial charge >= 0.3 is 0 Å². The minimum Gasteiger partial charge on any atom is -0.354 e. The van der Waals surface area contributed by atoms with Crippen LogP contribution in [0.15, 0.2) is 91.0 Å². The number of nitrogens with zero attached hydrogens (tertiary/aromatic N) is 1. The van der Waals surface area contributed by atoms with Gasteiger partial charge in [-0.3, -0.25) is 14.4 Å². The number of hydrogen-bond donors (Lipinski definition) is 3. The first-order valence-corrected chi connectivity index (χ1v) is 14.3. The van der Waals surface area contributed by atoms with Crippen LogP contribution in [0.2, 0.25) is 0 Å². The highest BCUT2D eigenvalue weighted by atomic mass is 16.2. The van der Waals surface area contributed by atoms with Crippen molar-refractivity contribution in [3.63, 3.8) is 0 Å². The third-order valence-electron chi connectivity index (χ3n) is 7.59. The molecule has 7 nitrogen and oxygen atoms in total. The van der Waals surface area contributed by atoms with Crippen molar-refractivity contribution in [2.24, 2.45) is 5.73 Å². The molecule has 0 bridgehead atoms. The molecule has 0 saturated carbocycles. The number of nitrogens with two attached hydrogens (primary N) is 1. The molecular weight excluding hydrogens is 512 g/mol.